The second-order valence-electron chi connectivity index (χ2n) is 9.69. The predicted octanol–water partition coefficient (Wildman–Crippen LogP) is 3.92. The number of imide groups is 1. The minimum atomic E-state index is -4.60. The van der Waals surface area contributed by atoms with Crippen molar-refractivity contribution < 1.29 is 32.3 Å². The van der Waals surface area contributed by atoms with Crippen molar-refractivity contribution >= 4 is 17.7 Å². The maximum absolute atomic E-state index is 13.6. The summed E-state index contributed by atoms with van der Waals surface area (Å²) in [5.74, 6) is -1.02. The van der Waals surface area contributed by atoms with E-state index >= 15 is 0 Å². The summed E-state index contributed by atoms with van der Waals surface area (Å²) >= 11 is 0. The van der Waals surface area contributed by atoms with Crippen molar-refractivity contribution in [3.05, 3.63) is 35.4 Å². The van der Waals surface area contributed by atoms with Crippen LogP contribution in [0.15, 0.2) is 24.3 Å². The van der Waals surface area contributed by atoms with Gasteiger partial charge >= 0.3 is 6.18 Å². The SMILES string of the molecule is CCN1C(=O)C[C@@](CC(=O)N(CC2CCC2)C[C@@H]2CCCO2)(c2cccc(C(F)(F)F)c2)C1=O. The Hall–Kier alpha value is -2.42. The molecule has 6 nitrogen and oxygen atoms in total. The number of amides is 3. The van der Waals surface area contributed by atoms with Crippen LogP contribution in [-0.2, 0) is 30.7 Å². The molecule has 2 saturated heterocycles. The molecule has 3 aliphatic rings. The molecule has 2 heterocycles. The molecule has 2 atom stereocenters. The third-order valence-electron chi connectivity index (χ3n) is 7.42. The van der Waals surface area contributed by atoms with E-state index in [0.29, 0.717) is 25.6 Å². The summed E-state index contributed by atoms with van der Waals surface area (Å²) < 4.78 is 46.1. The molecule has 1 aromatic rings. The summed E-state index contributed by atoms with van der Waals surface area (Å²) in [5, 5.41) is 0. The van der Waals surface area contributed by atoms with Gasteiger partial charge in [-0.05, 0) is 50.2 Å². The van der Waals surface area contributed by atoms with Gasteiger partial charge < -0.3 is 9.64 Å². The first-order valence-corrected chi connectivity index (χ1v) is 12.1. The van der Waals surface area contributed by atoms with Gasteiger partial charge in [-0.1, -0.05) is 24.6 Å². The zero-order chi connectivity index (χ0) is 24.5. The molecule has 2 aliphatic heterocycles. The van der Waals surface area contributed by atoms with Crippen LogP contribution in [0.5, 0.6) is 0 Å². The first-order chi connectivity index (χ1) is 16.1. The summed E-state index contributed by atoms with van der Waals surface area (Å²) in [5.41, 5.74) is -2.48. The summed E-state index contributed by atoms with van der Waals surface area (Å²) in [7, 11) is 0. The fraction of sp³-hybridized carbons (Fsp3) is 0.640. The number of halogens is 3. The van der Waals surface area contributed by atoms with Crippen LogP contribution in [-0.4, -0.2) is 59.9 Å². The van der Waals surface area contributed by atoms with Crippen molar-refractivity contribution in [1.29, 1.82) is 0 Å². The van der Waals surface area contributed by atoms with Gasteiger partial charge in [0.1, 0.15) is 0 Å². The fourth-order valence-corrected chi connectivity index (χ4v) is 5.25. The van der Waals surface area contributed by atoms with Crippen LogP contribution in [0.4, 0.5) is 13.2 Å². The topological polar surface area (TPSA) is 66.9 Å². The Bertz CT molecular complexity index is 940. The molecule has 0 unspecified atom stereocenters. The van der Waals surface area contributed by atoms with E-state index in [2.05, 4.69) is 0 Å². The normalized spacial score (nSPS) is 25.6. The highest BCUT2D eigenvalue weighted by Crippen LogP contribution is 2.42. The van der Waals surface area contributed by atoms with E-state index in [1.807, 2.05) is 0 Å². The van der Waals surface area contributed by atoms with Crippen LogP contribution in [0.1, 0.15) is 63.0 Å². The molecular weight excluding hydrogens is 449 g/mol. The van der Waals surface area contributed by atoms with Crippen molar-refractivity contribution in [1.82, 2.24) is 9.80 Å². The molecule has 0 aromatic heterocycles. The van der Waals surface area contributed by atoms with Crippen LogP contribution in [0.2, 0.25) is 0 Å². The first kappa shape index (κ1) is 24.7. The molecule has 4 rings (SSSR count). The zero-order valence-electron chi connectivity index (χ0n) is 19.4. The van der Waals surface area contributed by atoms with E-state index in [4.69, 9.17) is 4.74 Å². The highest BCUT2D eigenvalue weighted by atomic mass is 19.4. The Labute approximate surface area is 197 Å². The van der Waals surface area contributed by atoms with Gasteiger partial charge in [0.15, 0.2) is 0 Å². The largest absolute Gasteiger partial charge is 0.416 e. The number of benzene rings is 1. The Morgan fingerprint density at radius 3 is 2.50 bits per heavy atom. The van der Waals surface area contributed by atoms with Gasteiger partial charge in [-0.3, -0.25) is 19.3 Å². The smallest absolute Gasteiger partial charge is 0.376 e. The number of nitrogens with zero attached hydrogens (tertiary/aromatic N) is 2. The number of carbonyl (C=O) groups is 3. The lowest BCUT2D eigenvalue weighted by molar-refractivity contribution is -0.143. The van der Waals surface area contributed by atoms with E-state index in [1.54, 1.807) is 11.8 Å². The van der Waals surface area contributed by atoms with Crippen molar-refractivity contribution in [3.8, 4) is 0 Å². The molecule has 0 bridgehead atoms. The number of ether oxygens (including phenoxy) is 1. The lowest BCUT2D eigenvalue weighted by atomic mass is 9.75. The fourth-order valence-electron chi connectivity index (χ4n) is 5.25. The molecule has 3 fully saturated rings. The van der Waals surface area contributed by atoms with Crippen molar-refractivity contribution in [2.45, 2.75) is 69.6 Å². The minimum Gasteiger partial charge on any atom is -0.376 e. The summed E-state index contributed by atoms with van der Waals surface area (Å²) in [6, 6.07) is 4.49. The molecule has 9 heteroatoms. The van der Waals surface area contributed by atoms with E-state index in [-0.39, 0.29) is 37.0 Å². The molecule has 0 N–H and O–H groups in total. The second-order valence-corrected chi connectivity index (χ2v) is 9.69. The summed E-state index contributed by atoms with van der Waals surface area (Å²) in [6.07, 6.45) is -0.423. The Morgan fingerprint density at radius 1 is 1.18 bits per heavy atom. The standard InChI is InChI=1S/C25H31F3N2O4/c1-2-30-22(32)14-24(23(30)33,18-8-4-9-19(12-18)25(26,27)28)13-21(31)29(15-17-6-3-7-17)16-20-10-5-11-34-20/h4,8-9,12,17,20H,2-3,5-7,10-11,13-16H2,1H3/t20-,24-/m0/s1. The highest BCUT2D eigenvalue weighted by Gasteiger charge is 2.54. The first-order valence-electron chi connectivity index (χ1n) is 12.1. The number of hydrogen-bond acceptors (Lipinski definition) is 4. The molecule has 34 heavy (non-hydrogen) atoms. The van der Waals surface area contributed by atoms with Gasteiger partial charge in [0.25, 0.3) is 0 Å². The average molecular weight is 481 g/mol. The van der Waals surface area contributed by atoms with E-state index < -0.39 is 29.0 Å². The number of hydrogen-bond donors (Lipinski definition) is 0. The number of carbonyl (C=O) groups excluding carboxylic acids is 3. The van der Waals surface area contributed by atoms with Crippen LogP contribution in [0, 0.1) is 5.92 Å². The van der Waals surface area contributed by atoms with Crippen LogP contribution in [0.3, 0.4) is 0 Å². The number of likely N-dealkylation sites (tertiary alicyclic amines) is 1. The third kappa shape index (κ3) is 4.85. The molecule has 186 valence electrons. The van der Waals surface area contributed by atoms with E-state index in [1.165, 1.54) is 12.1 Å². The Morgan fingerprint density at radius 2 is 1.94 bits per heavy atom. The van der Waals surface area contributed by atoms with Crippen molar-refractivity contribution in [3.63, 3.8) is 0 Å². The van der Waals surface area contributed by atoms with Crippen molar-refractivity contribution in [2.24, 2.45) is 5.92 Å². The monoisotopic (exact) mass is 480 g/mol. The number of rotatable bonds is 8. The van der Waals surface area contributed by atoms with Gasteiger partial charge in [0.2, 0.25) is 17.7 Å². The minimum absolute atomic E-state index is 0.0608. The highest BCUT2D eigenvalue weighted by molar-refractivity contribution is 6.10. The van der Waals surface area contributed by atoms with Crippen molar-refractivity contribution in [2.75, 3.05) is 26.2 Å². The predicted molar refractivity (Wildman–Crippen MR) is 118 cm³/mol. The number of likely N-dealkylation sites (N-methyl/N-ethyl adjacent to an activating group) is 1. The summed E-state index contributed by atoms with van der Waals surface area (Å²) in [4.78, 5) is 42.5. The van der Waals surface area contributed by atoms with Gasteiger partial charge in [-0.25, -0.2) is 0 Å². The maximum atomic E-state index is 13.6. The van der Waals surface area contributed by atoms with Crippen LogP contribution < -0.4 is 0 Å². The van der Waals surface area contributed by atoms with Gasteiger partial charge in [-0.2, -0.15) is 13.2 Å². The average Bonchev–Trinajstić information content (AvgIpc) is 3.35. The van der Waals surface area contributed by atoms with Gasteiger partial charge in [-0.15, -0.1) is 0 Å². The lowest BCUT2D eigenvalue weighted by Crippen LogP contribution is -2.47. The molecular formula is C25H31F3N2O4. The molecule has 0 radical (unpaired) electrons. The Balaban J connectivity index is 1.67. The molecule has 1 aromatic carbocycles. The zero-order valence-corrected chi connectivity index (χ0v) is 19.4. The van der Waals surface area contributed by atoms with Gasteiger partial charge in [0.05, 0.1) is 17.1 Å². The molecule has 3 amide bonds. The quantitative estimate of drug-likeness (QED) is 0.529. The Kier molecular flexibility index (Phi) is 7.03. The summed E-state index contributed by atoms with van der Waals surface area (Å²) in [6.45, 7) is 3.32. The molecule has 1 saturated carbocycles. The lowest BCUT2D eigenvalue weighted by Gasteiger charge is -2.36. The third-order valence-corrected chi connectivity index (χ3v) is 7.42. The molecule has 1 aliphatic carbocycles. The van der Waals surface area contributed by atoms with E-state index in [9.17, 15) is 27.6 Å². The van der Waals surface area contributed by atoms with Crippen LogP contribution in [0.25, 0.3) is 0 Å². The van der Waals surface area contributed by atoms with Gasteiger partial charge in [0, 0.05) is 39.1 Å². The maximum Gasteiger partial charge on any atom is 0.416 e. The van der Waals surface area contributed by atoms with E-state index in [0.717, 1.165) is 49.1 Å². The number of alkyl halides is 3. The second kappa shape index (κ2) is 9.68. The van der Waals surface area contributed by atoms with Crippen LogP contribution >= 0.6 is 0 Å². The molecule has 0 spiro atoms.